The molecular formula is C17H25NO3. The van der Waals surface area contributed by atoms with Gasteiger partial charge in [-0.15, -0.1) is 0 Å². The summed E-state index contributed by atoms with van der Waals surface area (Å²) in [5.74, 6) is 0.836. The minimum Gasteiger partial charge on any atom is -0.496 e. The van der Waals surface area contributed by atoms with Crippen molar-refractivity contribution in [1.29, 1.82) is 0 Å². The minimum atomic E-state index is -0.236. The zero-order valence-electron chi connectivity index (χ0n) is 13.2. The molecule has 1 atom stereocenters. The Balaban J connectivity index is 1.95. The summed E-state index contributed by atoms with van der Waals surface area (Å²) < 4.78 is 10.7. The molecule has 4 nitrogen and oxygen atoms in total. The first-order valence-corrected chi connectivity index (χ1v) is 7.78. The molecule has 1 heterocycles. The molecule has 1 aliphatic heterocycles. The summed E-state index contributed by atoms with van der Waals surface area (Å²) >= 11 is 0. The van der Waals surface area contributed by atoms with Gasteiger partial charge >= 0.3 is 6.09 Å². The van der Waals surface area contributed by atoms with Crippen LogP contribution in [-0.4, -0.2) is 25.9 Å². The first kappa shape index (κ1) is 15.7. The predicted molar refractivity (Wildman–Crippen MR) is 84.1 cm³/mol. The zero-order valence-corrected chi connectivity index (χ0v) is 13.2. The lowest BCUT2D eigenvalue weighted by atomic mass is 10.1. The van der Waals surface area contributed by atoms with Gasteiger partial charge in [-0.3, -0.25) is 4.90 Å². The van der Waals surface area contributed by atoms with Crippen molar-refractivity contribution >= 4 is 11.8 Å². The van der Waals surface area contributed by atoms with Gasteiger partial charge in [0.25, 0.3) is 0 Å². The molecule has 0 bridgehead atoms. The van der Waals surface area contributed by atoms with E-state index in [1.807, 2.05) is 25.1 Å². The van der Waals surface area contributed by atoms with E-state index in [1.165, 1.54) is 19.3 Å². The highest BCUT2D eigenvalue weighted by atomic mass is 16.6. The number of carbonyl (C=O) groups is 1. The number of ether oxygens (including phenoxy) is 2. The Hall–Kier alpha value is -1.71. The Morgan fingerprint density at radius 3 is 2.81 bits per heavy atom. The van der Waals surface area contributed by atoms with Crippen LogP contribution < -0.4 is 9.64 Å². The lowest BCUT2D eigenvalue weighted by Gasteiger charge is -2.15. The highest BCUT2D eigenvalue weighted by Crippen LogP contribution is 2.28. The van der Waals surface area contributed by atoms with Crippen molar-refractivity contribution in [3.8, 4) is 5.75 Å². The molecule has 1 amide bonds. The Labute approximate surface area is 127 Å². The standard InChI is InChI=1S/C17H25NO3/c1-4-5-6-7-8-15-12-18(17(19)21-15)14-9-10-16(20-3)13(2)11-14/h9-11,15H,4-8,12H2,1-3H3. The van der Waals surface area contributed by atoms with E-state index in [2.05, 4.69) is 6.92 Å². The highest BCUT2D eigenvalue weighted by molar-refractivity contribution is 5.90. The topological polar surface area (TPSA) is 38.8 Å². The van der Waals surface area contributed by atoms with Crippen LogP contribution in [0.4, 0.5) is 10.5 Å². The first-order chi connectivity index (χ1) is 10.2. The number of methoxy groups -OCH3 is 1. The smallest absolute Gasteiger partial charge is 0.414 e. The molecule has 0 N–H and O–H groups in total. The van der Waals surface area contributed by atoms with Crippen molar-refractivity contribution in [3.05, 3.63) is 23.8 Å². The lowest BCUT2D eigenvalue weighted by Crippen LogP contribution is -2.24. The number of cyclic esters (lactones) is 1. The molecule has 1 aliphatic rings. The van der Waals surface area contributed by atoms with Gasteiger partial charge in [0.05, 0.1) is 13.7 Å². The number of aryl methyl sites for hydroxylation is 1. The first-order valence-electron chi connectivity index (χ1n) is 7.78. The quantitative estimate of drug-likeness (QED) is 0.703. The van der Waals surface area contributed by atoms with E-state index in [4.69, 9.17) is 9.47 Å². The molecule has 2 rings (SSSR count). The molecule has 0 radical (unpaired) electrons. The number of carbonyl (C=O) groups excluding carboxylic acids is 1. The summed E-state index contributed by atoms with van der Waals surface area (Å²) in [6.45, 7) is 4.83. The van der Waals surface area contributed by atoms with E-state index < -0.39 is 0 Å². The molecule has 1 aromatic rings. The SMILES string of the molecule is CCCCCCC1CN(c2ccc(OC)c(C)c2)C(=O)O1. The number of unbranched alkanes of at least 4 members (excludes halogenated alkanes) is 3. The molecule has 0 aliphatic carbocycles. The zero-order chi connectivity index (χ0) is 15.2. The van der Waals surface area contributed by atoms with Crippen molar-refractivity contribution in [1.82, 2.24) is 0 Å². The molecule has 0 spiro atoms. The van der Waals surface area contributed by atoms with Crippen LogP contribution >= 0.6 is 0 Å². The van der Waals surface area contributed by atoms with Crippen LogP contribution in [0.25, 0.3) is 0 Å². The predicted octanol–water partition coefficient (Wildman–Crippen LogP) is 4.30. The fraction of sp³-hybridized carbons (Fsp3) is 0.588. The van der Waals surface area contributed by atoms with Crippen molar-refractivity contribution in [2.24, 2.45) is 0 Å². The summed E-state index contributed by atoms with van der Waals surface area (Å²) in [6, 6.07) is 5.78. The van der Waals surface area contributed by atoms with Gasteiger partial charge in [-0.2, -0.15) is 0 Å². The maximum atomic E-state index is 12.0. The Morgan fingerprint density at radius 2 is 2.14 bits per heavy atom. The Bertz CT molecular complexity index is 487. The number of amides is 1. The van der Waals surface area contributed by atoms with Gasteiger partial charge in [0, 0.05) is 5.69 Å². The molecule has 21 heavy (non-hydrogen) atoms. The van der Waals surface area contributed by atoms with Gasteiger partial charge in [0.2, 0.25) is 0 Å². The van der Waals surface area contributed by atoms with E-state index in [-0.39, 0.29) is 12.2 Å². The second-order valence-electron chi connectivity index (χ2n) is 5.62. The third kappa shape index (κ3) is 3.90. The lowest BCUT2D eigenvalue weighted by molar-refractivity contribution is 0.135. The summed E-state index contributed by atoms with van der Waals surface area (Å²) in [7, 11) is 1.65. The maximum absolute atomic E-state index is 12.0. The molecule has 1 unspecified atom stereocenters. The maximum Gasteiger partial charge on any atom is 0.414 e. The van der Waals surface area contributed by atoms with Gasteiger partial charge in [0.15, 0.2) is 0 Å². The Morgan fingerprint density at radius 1 is 1.33 bits per heavy atom. The molecule has 4 heteroatoms. The van der Waals surface area contributed by atoms with Crippen LogP contribution in [0.3, 0.4) is 0 Å². The van der Waals surface area contributed by atoms with Crippen LogP contribution in [0.2, 0.25) is 0 Å². The fourth-order valence-electron chi connectivity index (χ4n) is 2.71. The summed E-state index contributed by atoms with van der Waals surface area (Å²) in [4.78, 5) is 13.7. The van der Waals surface area contributed by atoms with Crippen molar-refractivity contribution in [2.45, 2.75) is 52.1 Å². The van der Waals surface area contributed by atoms with Gasteiger partial charge in [-0.25, -0.2) is 4.79 Å². The van der Waals surface area contributed by atoms with E-state index in [1.54, 1.807) is 12.0 Å². The van der Waals surface area contributed by atoms with Crippen LogP contribution in [0, 0.1) is 6.92 Å². The van der Waals surface area contributed by atoms with Gasteiger partial charge < -0.3 is 9.47 Å². The van der Waals surface area contributed by atoms with Crippen LogP contribution in [0.15, 0.2) is 18.2 Å². The van der Waals surface area contributed by atoms with Crippen LogP contribution in [0.1, 0.15) is 44.6 Å². The van der Waals surface area contributed by atoms with Gasteiger partial charge in [0.1, 0.15) is 11.9 Å². The van der Waals surface area contributed by atoms with Crippen molar-refractivity contribution in [2.75, 3.05) is 18.6 Å². The van der Waals surface area contributed by atoms with E-state index >= 15 is 0 Å². The number of hydrogen-bond donors (Lipinski definition) is 0. The van der Waals surface area contributed by atoms with Crippen molar-refractivity contribution < 1.29 is 14.3 Å². The fourth-order valence-corrected chi connectivity index (χ4v) is 2.71. The van der Waals surface area contributed by atoms with E-state index in [9.17, 15) is 4.79 Å². The highest BCUT2D eigenvalue weighted by Gasteiger charge is 2.31. The second-order valence-corrected chi connectivity index (χ2v) is 5.62. The van der Waals surface area contributed by atoms with E-state index in [0.717, 1.165) is 29.8 Å². The van der Waals surface area contributed by atoms with Crippen molar-refractivity contribution in [3.63, 3.8) is 0 Å². The average Bonchev–Trinajstić information content (AvgIpc) is 2.84. The number of benzene rings is 1. The minimum absolute atomic E-state index is 0.0248. The van der Waals surface area contributed by atoms with E-state index in [0.29, 0.717) is 6.54 Å². The normalized spacial score (nSPS) is 18.0. The number of rotatable bonds is 7. The molecule has 1 saturated heterocycles. The summed E-state index contributed by atoms with van der Waals surface area (Å²) in [5.41, 5.74) is 1.91. The average molecular weight is 291 g/mol. The monoisotopic (exact) mass is 291 g/mol. The molecular weight excluding hydrogens is 266 g/mol. The summed E-state index contributed by atoms with van der Waals surface area (Å²) in [6.07, 6.45) is 5.56. The molecule has 116 valence electrons. The Kier molecular flexibility index (Phi) is 5.48. The van der Waals surface area contributed by atoms with Gasteiger partial charge in [-0.05, 0) is 43.5 Å². The molecule has 0 saturated carbocycles. The number of nitrogens with zero attached hydrogens (tertiary/aromatic N) is 1. The molecule has 1 fully saturated rings. The van der Waals surface area contributed by atoms with Crippen LogP contribution in [-0.2, 0) is 4.74 Å². The molecule has 0 aromatic heterocycles. The molecule has 1 aromatic carbocycles. The largest absolute Gasteiger partial charge is 0.496 e. The third-order valence-corrected chi connectivity index (χ3v) is 3.94. The van der Waals surface area contributed by atoms with Crippen LogP contribution in [0.5, 0.6) is 5.75 Å². The summed E-state index contributed by atoms with van der Waals surface area (Å²) in [5, 5.41) is 0. The number of hydrogen-bond acceptors (Lipinski definition) is 3. The second kappa shape index (κ2) is 7.34. The van der Waals surface area contributed by atoms with Gasteiger partial charge in [-0.1, -0.05) is 26.2 Å². The third-order valence-electron chi connectivity index (χ3n) is 3.94. The number of anilines is 1.